The predicted molar refractivity (Wildman–Crippen MR) is 82.3 cm³/mol. The van der Waals surface area contributed by atoms with Gasteiger partial charge in [-0.05, 0) is 13.0 Å². The van der Waals surface area contributed by atoms with Crippen LogP contribution in [-0.4, -0.2) is 45.9 Å². The average Bonchev–Trinajstić information content (AvgIpc) is 2.82. The molecule has 1 saturated heterocycles. The molecule has 0 aromatic carbocycles. The van der Waals surface area contributed by atoms with E-state index in [1.165, 1.54) is 0 Å². The lowest BCUT2D eigenvalue weighted by Gasteiger charge is -2.36. The van der Waals surface area contributed by atoms with Crippen LogP contribution in [0.1, 0.15) is 11.3 Å². The Morgan fingerprint density at radius 1 is 1.10 bits per heavy atom. The molecule has 1 aliphatic heterocycles. The van der Waals surface area contributed by atoms with E-state index in [0.717, 1.165) is 49.2 Å². The van der Waals surface area contributed by atoms with E-state index in [1.54, 1.807) is 12.4 Å². The van der Waals surface area contributed by atoms with Gasteiger partial charge in [0.2, 0.25) is 5.95 Å². The van der Waals surface area contributed by atoms with E-state index >= 15 is 0 Å². The fourth-order valence-corrected chi connectivity index (χ4v) is 2.90. The van der Waals surface area contributed by atoms with Crippen molar-refractivity contribution in [1.82, 2.24) is 19.7 Å². The number of nitrogens with two attached hydrogens (primary N) is 1. The average molecular weight is 287 g/mol. The van der Waals surface area contributed by atoms with Crippen molar-refractivity contribution in [3.8, 4) is 0 Å². The minimum Gasteiger partial charge on any atom is -0.353 e. The largest absolute Gasteiger partial charge is 0.353 e. The van der Waals surface area contributed by atoms with Crippen molar-refractivity contribution in [3.63, 3.8) is 0 Å². The molecule has 7 heteroatoms. The van der Waals surface area contributed by atoms with Gasteiger partial charge in [-0.3, -0.25) is 4.68 Å². The van der Waals surface area contributed by atoms with Gasteiger partial charge < -0.3 is 15.5 Å². The molecule has 2 N–H and O–H groups in total. The molecule has 3 rings (SSSR count). The molecule has 2 aromatic rings. The first-order valence-corrected chi connectivity index (χ1v) is 7.20. The predicted octanol–water partition coefficient (Wildman–Crippen LogP) is 0.304. The summed E-state index contributed by atoms with van der Waals surface area (Å²) in [7, 11) is 1.98. The summed E-state index contributed by atoms with van der Waals surface area (Å²) >= 11 is 0. The molecule has 0 aliphatic carbocycles. The third kappa shape index (κ3) is 2.56. The van der Waals surface area contributed by atoms with Gasteiger partial charge in [0.05, 0.1) is 5.69 Å². The minimum absolute atomic E-state index is 0.525. The van der Waals surface area contributed by atoms with Crippen molar-refractivity contribution < 1.29 is 0 Å². The Kier molecular flexibility index (Phi) is 3.74. The lowest BCUT2D eigenvalue weighted by atomic mass is 10.2. The van der Waals surface area contributed by atoms with Gasteiger partial charge in [-0.1, -0.05) is 0 Å². The Morgan fingerprint density at radius 2 is 1.71 bits per heavy atom. The van der Waals surface area contributed by atoms with Gasteiger partial charge in [0, 0.05) is 57.7 Å². The number of piperazine rings is 1. The molecule has 0 radical (unpaired) electrons. The second-order valence-electron chi connectivity index (χ2n) is 5.24. The number of hydrogen-bond acceptors (Lipinski definition) is 6. The van der Waals surface area contributed by atoms with Crippen LogP contribution in [0.4, 0.5) is 11.8 Å². The molecule has 0 saturated carbocycles. The molecule has 21 heavy (non-hydrogen) atoms. The van der Waals surface area contributed by atoms with Crippen LogP contribution in [0.3, 0.4) is 0 Å². The molecule has 0 unspecified atom stereocenters. The molecule has 1 aliphatic rings. The second kappa shape index (κ2) is 5.69. The first-order valence-electron chi connectivity index (χ1n) is 7.20. The highest BCUT2D eigenvalue weighted by Crippen LogP contribution is 2.24. The second-order valence-corrected chi connectivity index (χ2v) is 5.24. The van der Waals surface area contributed by atoms with E-state index in [-0.39, 0.29) is 0 Å². The van der Waals surface area contributed by atoms with Crippen molar-refractivity contribution >= 4 is 11.8 Å². The van der Waals surface area contributed by atoms with Crippen LogP contribution in [-0.2, 0) is 13.6 Å². The molecule has 0 amide bonds. The summed E-state index contributed by atoms with van der Waals surface area (Å²) in [6, 6.07) is 1.84. The highest BCUT2D eigenvalue weighted by atomic mass is 15.4. The summed E-state index contributed by atoms with van der Waals surface area (Å²) in [6.07, 6.45) is 3.57. The first-order chi connectivity index (χ1) is 10.2. The van der Waals surface area contributed by atoms with E-state index < -0.39 is 0 Å². The van der Waals surface area contributed by atoms with Crippen LogP contribution >= 0.6 is 0 Å². The first kappa shape index (κ1) is 13.8. The monoisotopic (exact) mass is 287 g/mol. The normalized spacial score (nSPS) is 15.6. The molecule has 0 bridgehead atoms. The molecule has 1 fully saturated rings. The summed E-state index contributed by atoms with van der Waals surface area (Å²) < 4.78 is 1.94. The Balaban J connectivity index is 1.74. The van der Waals surface area contributed by atoms with Gasteiger partial charge in [0.1, 0.15) is 5.82 Å². The quantitative estimate of drug-likeness (QED) is 0.875. The van der Waals surface area contributed by atoms with Crippen LogP contribution in [0.2, 0.25) is 0 Å². The third-order valence-electron chi connectivity index (χ3n) is 3.93. The third-order valence-corrected chi connectivity index (χ3v) is 3.93. The fraction of sp³-hybridized carbons (Fsp3) is 0.500. The highest BCUT2D eigenvalue weighted by Gasteiger charge is 2.24. The molecule has 3 heterocycles. The van der Waals surface area contributed by atoms with Crippen LogP contribution < -0.4 is 15.5 Å². The maximum absolute atomic E-state index is 5.88. The number of hydrogen-bond donors (Lipinski definition) is 1. The summed E-state index contributed by atoms with van der Waals surface area (Å²) in [6.45, 7) is 6.18. The van der Waals surface area contributed by atoms with Crippen molar-refractivity contribution in [2.75, 3.05) is 36.0 Å². The summed E-state index contributed by atoms with van der Waals surface area (Å²) in [4.78, 5) is 13.2. The van der Waals surface area contributed by atoms with Crippen LogP contribution in [0.25, 0.3) is 0 Å². The number of nitrogens with zero attached hydrogens (tertiary/aromatic N) is 6. The van der Waals surface area contributed by atoms with Gasteiger partial charge in [-0.2, -0.15) is 5.10 Å². The van der Waals surface area contributed by atoms with E-state index in [4.69, 9.17) is 5.73 Å². The van der Waals surface area contributed by atoms with Gasteiger partial charge in [0.25, 0.3) is 0 Å². The topological polar surface area (TPSA) is 76.1 Å². The summed E-state index contributed by atoms with van der Waals surface area (Å²) in [5.74, 6) is 1.95. The maximum Gasteiger partial charge on any atom is 0.225 e. The van der Waals surface area contributed by atoms with E-state index in [1.807, 2.05) is 24.7 Å². The Hall–Kier alpha value is -2.15. The number of aryl methyl sites for hydroxylation is 2. The van der Waals surface area contributed by atoms with E-state index in [2.05, 4.69) is 24.9 Å². The zero-order valence-corrected chi connectivity index (χ0v) is 12.5. The van der Waals surface area contributed by atoms with E-state index in [9.17, 15) is 0 Å². The molecule has 7 nitrogen and oxygen atoms in total. The van der Waals surface area contributed by atoms with Crippen molar-refractivity contribution in [1.29, 1.82) is 0 Å². The minimum atomic E-state index is 0.525. The van der Waals surface area contributed by atoms with Gasteiger partial charge in [-0.25, -0.2) is 9.97 Å². The molecular formula is C14H21N7. The summed E-state index contributed by atoms with van der Waals surface area (Å²) in [5.41, 5.74) is 8.04. The van der Waals surface area contributed by atoms with Crippen molar-refractivity contribution in [3.05, 3.63) is 29.7 Å². The molecular weight excluding hydrogens is 266 g/mol. The Labute approximate surface area is 124 Å². The van der Waals surface area contributed by atoms with E-state index in [0.29, 0.717) is 6.54 Å². The Bertz CT molecular complexity index is 599. The zero-order valence-electron chi connectivity index (χ0n) is 12.5. The number of aromatic nitrogens is 4. The fourth-order valence-electron chi connectivity index (χ4n) is 2.90. The van der Waals surface area contributed by atoms with Crippen LogP contribution in [0.15, 0.2) is 18.5 Å². The van der Waals surface area contributed by atoms with Crippen LogP contribution in [0, 0.1) is 6.92 Å². The summed E-state index contributed by atoms with van der Waals surface area (Å²) in [5, 5.41) is 4.49. The molecule has 112 valence electrons. The maximum atomic E-state index is 5.88. The SMILES string of the molecule is Cc1nn(C)c(N2CCN(c3ncccn3)CC2)c1CN. The Morgan fingerprint density at radius 3 is 2.33 bits per heavy atom. The van der Waals surface area contributed by atoms with Crippen molar-refractivity contribution in [2.45, 2.75) is 13.5 Å². The van der Waals surface area contributed by atoms with Crippen molar-refractivity contribution in [2.24, 2.45) is 12.8 Å². The number of rotatable bonds is 3. The molecule has 0 spiro atoms. The molecule has 2 aromatic heterocycles. The lowest BCUT2D eigenvalue weighted by molar-refractivity contribution is 0.613. The van der Waals surface area contributed by atoms with Crippen LogP contribution in [0.5, 0.6) is 0 Å². The standard InChI is InChI=1S/C14H21N7/c1-11-12(10-15)13(19(2)18-11)20-6-8-21(9-7-20)14-16-4-3-5-17-14/h3-5H,6-10,15H2,1-2H3. The zero-order chi connectivity index (χ0) is 14.8. The van der Waals surface area contributed by atoms with Gasteiger partial charge >= 0.3 is 0 Å². The van der Waals surface area contributed by atoms with Gasteiger partial charge in [0.15, 0.2) is 0 Å². The smallest absolute Gasteiger partial charge is 0.225 e. The van der Waals surface area contributed by atoms with Gasteiger partial charge in [-0.15, -0.1) is 0 Å². The highest BCUT2D eigenvalue weighted by molar-refractivity contribution is 5.51. The lowest BCUT2D eigenvalue weighted by Crippen LogP contribution is -2.48. The number of anilines is 2. The molecule has 0 atom stereocenters.